The summed E-state index contributed by atoms with van der Waals surface area (Å²) in [6.45, 7) is 0. The second-order valence-electron chi connectivity index (χ2n) is 4.12. The van der Waals surface area contributed by atoms with E-state index < -0.39 is 23.1 Å². The van der Waals surface area contributed by atoms with E-state index in [-0.39, 0.29) is 21.8 Å². The second-order valence-corrected chi connectivity index (χ2v) is 5.11. The molecule has 5 nitrogen and oxygen atoms in total. The molecule has 0 aliphatic rings. The van der Waals surface area contributed by atoms with Crippen LogP contribution in [-0.4, -0.2) is 19.9 Å². The molecule has 3 rings (SSSR count). The zero-order valence-corrected chi connectivity index (χ0v) is 11.1. The Morgan fingerprint density at radius 2 is 1.95 bits per heavy atom. The van der Waals surface area contributed by atoms with Crippen LogP contribution in [0.15, 0.2) is 28.2 Å². The number of thioether (sulfide) groups is 1. The minimum Gasteiger partial charge on any atom is -0.341 e. The molecule has 0 aliphatic carbocycles. The van der Waals surface area contributed by atoms with Gasteiger partial charge in [0.15, 0.2) is 11.6 Å². The lowest BCUT2D eigenvalue weighted by Crippen LogP contribution is -2.11. The molecular weight excluding hydrogens is 305 g/mol. The summed E-state index contributed by atoms with van der Waals surface area (Å²) in [5.41, 5.74) is -0.445. The van der Waals surface area contributed by atoms with Crippen LogP contribution in [0, 0.1) is 17.5 Å². The van der Waals surface area contributed by atoms with Crippen molar-refractivity contribution in [3.8, 4) is 0 Å². The van der Waals surface area contributed by atoms with E-state index in [1.807, 2.05) is 0 Å². The Kier molecular flexibility index (Phi) is 3.42. The largest absolute Gasteiger partial charge is 0.345 e. The van der Waals surface area contributed by atoms with E-state index in [1.54, 1.807) is 0 Å². The van der Waals surface area contributed by atoms with Gasteiger partial charge in [-0.25, -0.2) is 22.9 Å². The van der Waals surface area contributed by atoms with Crippen LogP contribution in [0.4, 0.5) is 13.2 Å². The molecule has 0 saturated carbocycles. The van der Waals surface area contributed by atoms with E-state index in [2.05, 4.69) is 19.9 Å². The summed E-state index contributed by atoms with van der Waals surface area (Å²) in [5, 5.41) is 0.00195. The Balaban J connectivity index is 1.87. The van der Waals surface area contributed by atoms with Gasteiger partial charge in [0.25, 0.3) is 0 Å². The van der Waals surface area contributed by atoms with E-state index in [1.165, 1.54) is 0 Å². The first kappa shape index (κ1) is 13.7. The van der Waals surface area contributed by atoms with Crippen molar-refractivity contribution in [2.24, 2.45) is 0 Å². The van der Waals surface area contributed by atoms with E-state index >= 15 is 0 Å². The lowest BCUT2D eigenvalue weighted by Gasteiger charge is -1.99. The number of halogens is 3. The van der Waals surface area contributed by atoms with Crippen LogP contribution in [0.2, 0.25) is 0 Å². The van der Waals surface area contributed by atoms with Gasteiger partial charge in [0, 0.05) is 6.07 Å². The molecule has 0 radical (unpaired) electrons. The predicted molar refractivity (Wildman–Crippen MR) is 70.4 cm³/mol. The number of fused-ring (bicyclic) bond motifs is 1. The molecule has 9 heteroatoms. The lowest BCUT2D eigenvalue weighted by molar-refractivity contribution is 0.574. The van der Waals surface area contributed by atoms with Crippen LogP contribution < -0.4 is 5.69 Å². The molecule has 0 fully saturated rings. The van der Waals surface area contributed by atoms with Gasteiger partial charge in [0.2, 0.25) is 0 Å². The standard InChI is InChI=1S/C12H7F3N4OS/c13-5-1-6(14)10-8(2-5)17-9(18-10)4-21-11-7(15)3-16-12(20)19-11/h1-3H,4H2,(H,17,18)(H,16,19,20). The number of H-pyrrole nitrogens is 2. The smallest absolute Gasteiger partial charge is 0.341 e. The summed E-state index contributed by atoms with van der Waals surface area (Å²) in [6.07, 6.45) is 0.814. The number of aromatic amines is 2. The van der Waals surface area contributed by atoms with E-state index in [0.717, 1.165) is 30.1 Å². The third-order valence-corrected chi connectivity index (χ3v) is 3.64. The number of hydrogen-bond donors (Lipinski definition) is 2. The Morgan fingerprint density at radius 3 is 2.76 bits per heavy atom. The van der Waals surface area contributed by atoms with E-state index in [0.29, 0.717) is 5.82 Å². The van der Waals surface area contributed by atoms with Crippen molar-refractivity contribution in [1.29, 1.82) is 0 Å². The van der Waals surface area contributed by atoms with Crippen LogP contribution in [0.1, 0.15) is 5.82 Å². The SMILES string of the molecule is O=c1ncc(F)c(SCc2nc3c(F)cc(F)cc3[nH]2)[nH]1. The minimum absolute atomic E-state index is 0.00195. The van der Waals surface area contributed by atoms with Gasteiger partial charge in [-0.1, -0.05) is 11.8 Å². The molecule has 0 aliphatic heterocycles. The summed E-state index contributed by atoms with van der Waals surface area (Å²) >= 11 is 0.959. The molecule has 0 atom stereocenters. The van der Waals surface area contributed by atoms with Crippen molar-refractivity contribution in [3.05, 3.63) is 52.1 Å². The molecule has 1 aromatic carbocycles. The monoisotopic (exact) mass is 312 g/mol. The van der Waals surface area contributed by atoms with E-state index in [9.17, 15) is 18.0 Å². The summed E-state index contributed by atoms with van der Waals surface area (Å²) in [7, 11) is 0. The van der Waals surface area contributed by atoms with Crippen LogP contribution in [0.3, 0.4) is 0 Å². The summed E-state index contributed by atoms with van der Waals surface area (Å²) < 4.78 is 40.0. The van der Waals surface area contributed by atoms with Gasteiger partial charge in [-0.3, -0.25) is 4.98 Å². The summed E-state index contributed by atoms with van der Waals surface area (Å²) in [5.74, 6) is -1.69. The Morgan fingerprint density at radius 1 is 1.14 bits per heavy atom. The first-order chi connectivity index (χ1) is 10.0. The normalized spacial score (nSPS) is 11.2. The van der Waals surface area contributed by atoms with Crippen LogP contribution >= 0.6 is 11.8 Å². The average Bonchev–Trinajstić information content (AvgIpc) is 2.83. The van der Waals surface area contributed by atoms with Crippen LogP contribution in [0.25, 0.3) is 11.0 Å². The van der Waals surface area contributed by atoms with Crippen molar-refractivity contribution in [1.82, 2.24) is 19.9 Å². The minimum atomic E-state index is -0.777. The van der Waals surface area contributed by atoms with Gasteiger partial charge in [-0.2, -0.15) is 4.98 Å². The highest BCUT2D eigenvalue weighted by Gasteiger charge is 2.11. The fourth-order valence-corrected chi connectivity index (χ4v) is 2.54. The van der Waals surface area contributed by atoms with E-state index in [4.69, 9.17) is 0 Å². The molecule has 2 aromatic heterocycles. The van der Waals surface area contributed by atoms with Gasteiger partial charge in [0.1, 0.15) is 22.2 Å². The first-order valence-electron chi connectivity index (χ1n) is 5.74. The van der Waals surface area contributed by atoms with Gasteiger partial charge in [0.05, 0.1) is 17.5 Å². The van der Waals surface area contributed by atoms with Gasteiger partial charge in [-0.05, 0) is 6.07 Å². The quantitative estimate of drug-likeness (QED) is 0.575. The highest BCUT2D eigenvalue weighted by Crippen LogP contribution is 2.23. The number of hydrogen-bond acceptors (Lipinski definition) is 4. The molecule has 108 valence electrons. The fourth-order valence-electron chi connectivity index (χ4n) is 1.77. The number of nitrogens with one attached hydrogen (secondary N) is 2. The molecular formula is C12H7F3N4OS. The molecule has 2 N–H and O–H groups in total. The molecule has 0 amide bonds. The third-order valence-electron chi connectivity index (χ3n) is 2.64. The van der Waals surface area contributed by atoms with Gasteiger partial charge < -0.3 is 4.98 Å². The topological polar surface area (TPSA) is 74.4 Å². The van der Waals surface area contributed by atoms with Crippen molar-refractivity contribution in [2.75, 3.05) is 0 Å². The zero-order chi connectivity index (χ0) is 15.0. The number of nitrogens with zero attached hydrogens (tertiary/aromatic N) is 2. The molecule has 21 heavy (non-hydrogen) atoms. The highest BCUT2D eigenvalue weighted by atomic mass is 32.2. The van der Waals surface area contributed by atoms with Gasteiger partial charge in [-0.15, -0.1) is 0 Å². The summed E-state index contributed by atoms with van der Waals surface area (Å²) in [6, 6.07) is 1.86. The van der Waals surface area contributed by atoms with Crippen molar-refractivity contribution in [2.45, 2.75) is 10.8 Å². The molecule has 2 heterocycles. The highest BCUT2D eigenvalue weighted by molar-refractivity contribution is 7.98. The maximum Gasteiger partial charge on any atom is 0.345 e. The first-order valence-corrected chi connectivity index (χ1v) is 6.73. The van der Waals surface area contributed by atoms with Gasteiger partial charge >= 0.3 is 5.69 Å². The number of rotatable bonds is 3. The van der Waals surface area contributed by atoms with Crippen LogP contribution in [-0.2, 0) is 5.75 Å². The average molecular weight is 312 g/mol. The molecule has 3 aromatic rings. The number of aromatic nitrogens is 4. The second kappa shape index (κ2) is 5.24. The molecule has 0 bridgehead atoms. The number of benzene rings is 1. The zero-order valence-electron chi connectivity index (χ0n) is 10.3. The Labute approximate surface area is 119 Å². The molecule has 0 saturated heterocycles. The summed E-state index contributed by atoms with van der Waals surface area (Å²) in [4.78, 5) is 23.2. The predicted octanol–water partition coefficient (Wildman–Crippen LogP) is 2.36. The Bertz CT molecular complexity index is 877. The van der Waals surface area contributed by atoms with Crippen molar-refractivity contribution in [3.63, 3.8) is 0 Å². The third kappa shape index (κ3) is 2.77. The van der Waals surface area contributed by atoms with Crippen molar-refractivity contribution < 1.29 is 13.2 Å². The maximum absolute atomic E-state index is 13.5. The maximum atomic E-state index is 13.5. The lowest BCUT2D eigenvalue weighted by atomic mass is 10.3. The molecule has 0 spiro atoms. The van der Waals surface area contributed by atoms with Crippen molar-refractivity contribution >= 4 is 22.8 Å². The number of imidazole rings is 1. The molecule has 0 unspecified atom stereocenters. The van der Waals surface area contributed by atoms with Crippen LogP contribution in [0.5, 0.6) is 0 Å². The fraction of sp³-hybridized carbons (Fsp3) is 0.0833. The Hall–Kier alpha value is -2.29.